The third-order valence-electron chi connectivity index (χ3n) is 2.77. The van der Waals surface area contributed by atoms with E-state index in [1.54, 1.807) is 12.1 Å². The van der Waals surface area contributed by atoms with Gasteiger partial charge in [-0.2, -0.15) is 4.73 Å². The fourth-order valence-electron chi connectivity index (χ4n) is 2.01. The Balaban J connectivity index is 2.62. The molecule has 3 rings (SSSR count). The van der Waals surface area contributed by atoms with E-state index in [0.29, 0.717) is 16.7 Å². The van der Waals surface area contributed by atoms with Crippen molar-refractivity contribution in [2.75, 3.05) is 5.73 Å². The molecular weight excluding hydrogens is 200 g/mol. The Morgan fingerprint density at radius 2 is 1.69 bits per heavy atom. The number of hydrogen-bond acceptors (Lipinski definition) is 2. The van der Waals surface area contributed by atoms with Gasteiger partial charge in [-0.1, -0.05) is 18.2 Å². The summed E-state index contributed by atoms with van der Waals surface area (Å²) < 4.78 is 0.903. The van der Waals surface area contributed by atoms with Crippen LogP contribution in [0.5, 0.6) is 0 Å². The molecule has 0 radical (unpaired) electrons. The van der Waals surface area contributed by atoms with Gasteiger partial charge in [-0.25, -0.2) is 0 Å². The third-order valence-corrected chi connectivity index (χ3v) is 2.77. The van der Waals surface area contributed by atoms with E-state index in [9.17, 15) is 5.21 Å². The second kappa shape index (κ2) is 3.10. The molecule has 0 spiro atoms. The van der Waals surface area contributed by atoms with E-state index >= 15 is 0 Å². The summed E-state index contributed by atoms with van der Waals surface area (Å²) in [5.74, 6) is 0. The lowest BCUT2D eigenvalue weighted by Crippen LogP contribution is -2.28. The highest BCUT2D eigenvalue weighted by Crippen LogP contribution is 2.21. The molecular formula is C13H10N2O. The number of nitrogens with zero attached hydrogens (tertiary/aromatic N) is 1. The van der Waals surface area contributed by atoms with E-state index in [1.165, 1.54) is 0 Å². The summed E-state index contributed by atoms with van der Waals surface area (Å²) >= 11 is 0. The lowest BCUT2D eigenvalue weighted by molar-refractivity contribution is -0.547. The SMILES string of the molecule is Nc1cccc2cc3ccccc3[n+]([O-])c12. The maximum absolute atomic E-state index is 12.1. The fourth-order valence-corrected chi connectivity index (χ4v) is 2.01. The van der Waals surface area contributed by atoms with Crippen molar-refractivity contribution in [3.63, 3.8) is 0 Å². The number of fused-ring (bicyclic) bond motifs is 2. The average molecular weight is 210 g/mol. The number of para-hydroxylation sites is 2. The van der Waals surface area contributed by atoms with Gasteiger partial charge in [0.1, 0.15) is 5.69 Å². The Kier molecular flexibility index (Phi) is 1.74. The molecule has 3 aromatic rings. The molecule has 0 atom stereocenters. The van der Waals surface area contributed by atoms with Gasteiger partial charge < -0.3 is 10.9 Å². The highest BCUT2D eigenvalue weighted by atomic mass is 16.5. The number of pyridine rings is 1. The number of benzene rings is 2. The molecule has 0 bridgehead atoms. The van der Waals surface area contributed by atoms with E-state index in [4.69, 9.17) is 5.73 Å². The molecule has 0 unspecified atom stereocenters. The van der Waals surface area contributed by atoms with Crippen LogP contribution in [0.25, 0.3) is 21.8 Å². The average Bonchev–Trinajstić information content (AvgIpc) is 2.29. The first-order chi connectivity index (χ1) is 7.77. The molecule has 3 nitrogen and oxygen atoms in total. The molecule has 3 heteroatoms. The Hall–Kier alpha value is -2.29. The van der Waals surface area contributed by atoms with Crippen molar-refractivity contribution in [3.05, 3.63) is 53.7 Å². The fraction of sp³-hybridized carbons (Fsp3) is 0. The van der Waals surface area contributed by atoms with Gasteiger partial charge in [0, 0.05) is 11.5 Å². The minimum Gasteiger partial charge on any atom is -0.618 e. The van der Waals surface area contributed by atoms with Crippen LogP contribution in [-0.2, 0) is 0 Å². The van der Waals surface area contributed by atoms with Crippen LogP contribution in [0.2, 0.25) is 0 Å². The molecule has 0 aliphatic rings. The normalized spacial score (nSPS) is 11.0. The summed E-state index contributed by atoms with van der Waals surface area (Å²) in [6, 6.07) is 15.0. The molecule has 78 valence electrons. The molecule has 16 heavy (non-hydrogen) atoms. The van der Waals surface area contributed by atoms with Crippen LogP contribution < -0.4 is 10.5 Å². The molecule has 0 fully saturated rings. The molecule has 2 N–H and O–H groups in total. The first-order valence-electron chi connectivity index (χ1n) is 5.07. The Labute approximate surface area is 92.3 Å². The van der Waals surface area contributed by atoms with E-state index in [-0.39, 0.29) is 0 Å². The van der Waals surface area contributed by atoms with Crippen molar-refractivity contribution < 1.29 is 4.73 Å². The smallest absolute Gasteiger partial charge is 0.247 e. The van der Waals surface area contributed by atoms with Crippen molar-refractivity contribution in [2.24, 2.45) is 0 Å². The van der Waals surface area contributed by atoms with Crippen LogP contribution in [0.15, 0.2) is 48.5 Å². The lowest BCUT2D eigenvalue weighted by Gasteiger charge is -2.07. The van der Waals surface area contributed by atoms with Crippen LogP contribution in [0.3, 0.4) is 0 Å². The van der Waals surface area contributed by atoms with Crippen molar-refractivity contribution in [1.82, 2.24) is 0 Å². The van der Waals surface area contributed by atoms with E-state index in [1.807, 2.05) is 36.4 Å². The highest BCUT2D eigenvalue weighted by Gasteiger charge is 2.11. The van der Waals surface area contributed by atoms with Gasteiger partial charge >= 0.3 is 0 Å². The Morgan fingerprint density at radius 1 is 0.938 bits per heavy atom. The molecule has 0 aliphatic carbocycles. The van der Waals surface area contributed by atoms with Gasteiger partial charge in [0.2, 0.25) is 11.0 Å². The van der Waals surface area contributed by atoms with E-state index in [0.717, 1.165) is 15.5 Å². The monoisotopic (exact) mass is 210 g/mol. The first-order valence-corrected chi connectivity index (χ1v) is 5.07. The van der Waals surface area contributed by atoms with Crippen LogP contribution in [0.4, 0.5) is 5.69 Å². The van der Waals surface area contributed by atoms with Crippen molar-refractivity contribution in [3.8, 4) is 0 Å². The van der Waals surface area contributed by atoms with Crippen LogP contribution in [0.1, 0.15) is 0 Å². The summed E-state index contributed by atoms with van der Waals surface area (Å²) in [5, 5.41) is 13.9. The molecule has 2 aromatic carbocycles. The van der Waals surface area contributed by atoms with Crippen LogP contribution in [0, 0.1) is 5.21 Å². The van der Waals surface area contributed by atoms with Crippen molar-refractivity contribution in [1.29, 1.82) is 0 Å². The summed E-state index contributed by atoms with van der Waals surface area (Å²) in [6.45, 7) is 0. The number of anilines is 1. The van der Waals surface area contributed by atoms with Crippen LogP contribution >= 0.6 is 0 Å². The summed E-state index contributed by atoms with van der Waals surface area (Å²) in [5.41, 5.74) is 7.53. The number of nitrogen functional groups attached to an aromatic ring is 1. The minimum atomic E-state index is 0.512. The summed E-state index contributed by atoms with van der Waals surface area (Å²) in [7, 11) is 0. The standard InChI is InChI=1S/C13H10N2O/c14-11-6-3-5-10-8-9-4-1-2-7-12(9)15(16)13(10)11/h1-8H,14H2. The van der Waals surface area contributed by atoms with Gasteiger partial charge in [0.05, 0.1) is 5.39 Å². The maximum Gasteiger partial charge on any atom is 0.247 e. The van der Waals surface area contributed by atoms with E-state index < -0.39 is 0 Å². The largest absolute Gasteiger partial charge is 0.618 e. The van der Waals surface area contributed by atoms with Gasteiger partial charge in [-0.15, -0.1) is 0 Å². The van der Waals surface area contributed by atoms with Gasteiger partial charge in [0.15, 0.2) is 0 Å². The lowest BCUT2D eigenvalue weighted by atomic mass is 10.1. The molecule has 1 heterocycles. The molecule has 0 saturated carbocycles. The predicted octanol–water partition coefficient (Wildman–Crippen LogP) is 2.21. The van der Waals surface area contributed by atoms with Crippen LogP contribution in [-0.4, -0.2) is 0 Å². The molecule has 0 amide bonds. The predicted molar refractivity (Wildman–Crippen MR) is 64.8 cm³/mol. The topological polar surface area (TPSA) is 53.0 Å². The van der Waals surface area contributed by atoms with Gasteiger partial charge in [-0.05, 0) is 24.3 Å². The molecule has 1 aromatic heterocycles. The summed E-state index contributed by atoms with van der Waals surface area (Å²) in [4.78, 5) is 0. The van der Waals surface area contributed by atoms with Crippen molar-refractivity contribution in [2.45, 2.75) is 0 Å². The molecule has 0 aliphatic heterocycles. The quantitative estimate of drug-likeness (QED) is 0.268. The third kappa shape index (κ3) is 1.11. The second-order valence-electron chi connectivity index (χ2n) is 3.78. The van der Waals surface area contributed by atoms with Gasteiger partial charge in [-0.3, -0.25) is 0 Å². The Morgan fingerprint density at radius 3 is 2.56 bits per heavy atom. The number of nitrogens with two attached hydrogens (primary N) is 1. The number of rotatable bonds is 0. The number of aromatic nitrogens is 1. The maximum atomic E-state index is 12.1. The highest BCUT2D eigenvalue weighted by molar-refractivity contribution is 5.93. The molecule has 0 saturated heterocycles. The van der Waals surface area contributed by atoms with E-state index in [2.05, 4.69) is 0 Å². The zero-order valence-corrected chi connectivity index (χ0v) is 8.55. The minimum absolute atomic E-state index is 0.512. The zero-order chi connectivity index (χ0) is 11.1. The first kappa shape index (κ1) is 8.97. The zero-order valence-electron chi connectivity index (χ0n) is 8.55. The summed E-state index contributed by atoms with van der Waals surface area (Å²) in [6.07, 6.45) is 0. The van der Waals surface area contributed by atoms with Gasteiger partial charge in [0.25, 0.3) is 0 Å². The second-order valence-corrected chi connectivity index (χ2v) is 3.78. The van der Waals surface area contributed by atoms with Crippen molar-refractivity contribution >= 4 is 27.5 Å². The number of hydrogen-bond donors (Lipinski definition) is 1. The Bertz CT molecular complexity index is 692.